The Morgan fingerprint density at radius 3 is 2.75 bits per heavy atom. The van der Waals surface area contributed by atoms with Gasteiger partial charge in [-0.25, -0.2) is 0 Å². The van der Waals surface area contributed by atoms with E-state index in [0.29, 0.717) is 17.0 Å². The molecule has 0 saturated carbocycles. The molecule has 0 spiro atoms. The van der Waals surface area contributed by atoms with Crippen LogP contribution in [-0.2, 0) is 0 Å². The molecule has 16 heavy (non-hydrogen) atoms. The summed E-state index contributed by atoms with van der Waals surface area (Å²) in [7, 11) is 1.51. The van der Waals surface area contributed by atoms with Gasteiger partial charge in [-0.3, -0.25) is 9.97 Å². The van der Waals surface area contributed by atoms with Gasteiger partial charge in [-0.05, 0) is 18.2 Å². The Hall–Kier alpha value is -2.41. The van der Waals surface area contributed by atoms with Crippen LogP contribution in [0.4, 0.5) is 0 Å². The minimum atomic E-state index is 0.457. The number of methoxy groups -OCH3 is 1. The van der Waals surface area contributed by atoms with Gasteiger partial charge < -0.3 is 4.74 Å². The lowest BCUT2D eigenvalue weighted by Gasteiger charge is -2.04. The smallest absolute Gasteiger partial charge is 0.154 e. The van der Waals surface area contributed by atoms with E-state index in [9.17, 15) is 0 Å². The average Bonchev–Trinajstić information content (AvgIpc) is 2.39. The van der Waals surface area contributed by atoms with E-state index in [1.807, 2.05) is 18.2 Å². The van der Waals surface area contributed by atoms with Crippen molar-refractivity contribution in [3.63, 3.8) is 0 Å². The van der Waals surface area contributed by atoms with Crippen LogP contribution < -0.4 is 4.74 Å². The van der Waals surface area contributed by atoms with Crippen molar-refractivity contribution in [2.75, 3.05) is 7.11 Å². The second kappa shape index (κ2) is 4.41. The number of pyridine rings is 2. The van der Waals surface area contributed by atoms with Gasteiger partial charge in [-0.15, -0.1) is 0 Å². The molecule has 2 heterocycles. The SMILES string of the molecule is COc1cnc(-c2ccccn2)cc1C#N. The summed E-state index contributed by atoms with van der Waals surface area (Å²) in [5.41, 5.74) is 1.86. The topological polar surface area (TPSA) is 58.8 Å². The van der Waals surface area contributed by atoms with Gasteiger partial charge in [0.15, 0.2) is 5.75 Å². The van der Waals surface area contributed by atoms with Gasteiger partial charge in [0.25, 0.3) is 0 Å². The van der Waals surface area contributed by atoms with Crippen LogP contribution in [0.15, 0.2) is 36.7 Å². The third-order valence-corrected chi connectivity index (χ3v) is 2.14. The fraction of sp³-hybridized carbons (Fsp3) is 0.0833. The summed E-state index contributed by atoms with van der Waals surface area (Å²) in [5, 5.41) is 8.94. The molecule has 78 valence electrons. The summed E-state index contributed by atoms with van der Waals surface area (Å²) in [4.78, 5) is 8.36. The Kier molecular flexibility index (Phi) is 2.79. The lowest BCUT2D eigenvalue weighted by Crippen LogP contribution is -1.92. The molecule has 0 radical (unpaired) electrons. The van der Waals surface area contributed by atoms with Crippen molar-refractivity contribution in [1.82, 2.24) is 9.97 Å². The normalized spacial score (nSPS) is 9.50. The molecule has 0 fully saturated rings. The van der Waals surface area contributed by atoms with Gasteiger partial charge >= 0.3 is 0 Å². The molecule has 0 N–H and O–H groups in total. The zero-order chi connectivity index (χ0) is 11.4. The first-order valence-corrected chi connectivity index (χ1v) is 4.70. The van der Waals surface area contributed by atoms with E-state index >= 15 is 0 Å². The Bertz CT molecular complexity index is 532. The highest BCUT2D eigenvalue weighted by Gasteiger charge is 2.06. The van der Waals surface area contributed by atoms with Crippen molar-refractivity contribution in [1.29, 1.82) is 5.26 Å². The quantitative estimate of drug-likeness (QED) is 0.762. The predicted molar refractivity (Wildman–Crippen MR) is 58.7 cm³/mol. The molecular formula is C12H9N3O. The minimum absolute atomic E-state index is 0.457. The largest absolute Gasteiger partial charge is 0.494 e. The van der Waals surface area contributed by atoms with E-state index in [1.165, 1.54) is 13.3 Å². The number of nitriles is 1. The Balaban J connectivity index is 2.49. The molecule has 4 nitrogen and oxygen atoms in total. The number of aromatic nitrogens is 2. The first-order chi connectivity index (χ1) is 7.85. The Morgan fingerprint density at radius 2 is 2.12 bits per heavy atom. The number of rotatable bonds is 2. The second-order valence-corrected chi connectivity index (χ2v) is 3.10. The van der Waals surface area contributed by atoms with Gasteiger partial charge in [0.2, 0.25) is 0 Å². The number of ether oxygens (including phenoxy) is 1. The first kappa shape index (κ1) is 10.1. The van der Waals surface area contributed by atoms with Crippen molar-refractivity contribution in [3.05, 3.63) is 42.2 Å². The zero-order valence-electron chi connectivity index (χ0n) is 8.71. The highest BCUT2D eigenvalue weighted by molar-refractivity contribution is 5.58. The van der Waals surface area contributed by atoms with Gasteiger partial charge in [0, 0.05) is 6.20 Å². The molecule has 0 atom stereocenters. The summed E-state index contributed by atoms with van der Waals surface area (Å²) in [6.07, 6.45) is 3.22. The molecule has 0 aliphatic heterocycles. The maximum Gasteiger partial charge on any atom is 0.154 e. The number of hydrogen-bond donors (Lipinski definition) is 0. The third-order valence-electron chi connectivity index (χ3n) is 2.14. The van der Waals surface area contributed by atoms with Crippen LogP contribution in [-0.4, -0.2) is 17.1 Å². The summed E-state index contributed by atoms with van der Waals surface area (Å²) in [6, 6.07) is 9.28. The van der Waals surface area contributed by atoms with E-state index < -0.39 is 0 Å². The summed E-state index contributed by atoms with van der Waals surface area (Å²) >= 11 is 0. The van der Waals surface area contributed by atoms with Gasteiger partial charge in [0.05, 0.1) is 30.3 Å². The molecule has 0 amide bonds. The van der Waals surface area contributed by atoms with Crippen LogP contribution in [0.5, 0.6) is 5.75 Å². The highest BCUT2D eigenvalue weighted by Crippen LogP contribution is 2.21. The van der Waals surface area contributed by atoms with Crippen LogP contribution in [0.1, 0.15) is 5.56 Å². The zero-order valence-corrected chi connectivity index (χ0v) is 8.71. The average molecular weight is 211 g/mol. The van der Waals surface area contributed by atoms with E-state index in [4.69, 9.17) is 10.00 Å². The first-order valence-electron chi connectivity index (χ1n) is 4.70. The standard InChI is InChI=1S/C12H9N3O/c1-16-12-8-15-11(6-9(12)7-13)10-4-2-3-5-14-10/h2-6,8H,1H3. The third kappa shape index (κ3) is 1.84. The van der Waals surface area contributed by atoms with Crippen LogP contribution in [0.2, 0.25) is 0 Å². The van der Waals surface area contributed by atoms with Crippen LogP contribution in [0, 0.1) is 11.3 Å². The van der Waals surface area contributed by atoms with E-state index in [1.54, 1.807) is 12.3 Å². The van der Waals surface area contributed by atoms with Crippen molar-refractivity contribution in [3.8, 4) is 23.2 Å². The maximum atomic E-state index is 8.94. The Labute approximate surface area is 93.2 Å². The van der Waals surface area contributed by atoms with Crippen LogP contribution in [0.25, 0.3) is 11.4 Å². The lowest BCUT2D eigenvalue weighted by atomic mass is 10.2. The summed E-state index contributed by atoms with van der Waals surface area (Å²) in [5.74, 6) is 0.474. The molecule has 0 aliphatic rings. The van der Waals surface area contributed by atoms with Crippen molar-refractivity contribution < 1.29 is 4.74 Å². The number of hydrogen-bond acceptors (Lipinski definition) is 4. The molecule has 2 aromatic heterocycles. The van der Waals surface area contributed by atoms with Crippen LogP contribution in [0.3, 0.4) is 0 Å². The lowest BCUT2D eigenvalue weighted by molar-refractivity contribution is 0.411. The molecule has 0 aromatic carbocycles. The minimum Gasteiger partial charge on any atom is -0.494 e. The molecule has 0 bridgehead atoms. The Morgan fingerprint density at radius 1 is 1.25 bits per heavy atom. The molecule has 0 saturated heterocycles. The van der Waals surface area contributed by atoms with E-state index in [-0.39, 0.29) is 0 Å². The molecular weight excluding hydrogens is 202 g/mol. The summed E-state index contributed by atoms with van der Waals surface area (Å²) < 4.78 is 5.02. The fourth-order valence-corrected chi connectivity index (χ4v) is 1.35. The molecule has 2 aromatic rings. The maximum absolute atomic E-state index is 8.94. The van der Waals surface area contributed by atoms with Crippen LogP contribution >= 0.6 is 0 Å². The van der Waals surface area contributed by atoms with Gasteiger partial charge in [-0.1, -0.05) is 6.07 Å². The molecule has 0 unspecified atom stereocenters. The van der Waals surface area contributed by atoms with E-state index in [0.717, 1.165) is 5.69 Å². The van der Waals surface area contributed by atoms with Crippen molar-refractivity contribution in [2.24, 2.45) is 0 Å². The second-order valence-electron chi connectivity index (χ2n) is 3.10. The van der Waals surface area contributed by atoms with Gasteiger partial charge in [0.1, 0.15) is 6.07 Å². The summed E-state index contributed by atoms with van der Waals surface area (Å²) in [6.45, 7) is 0. The number of nitrogens with zero attached hydrogens (tertiary/aromatic N) is 3. The van der Waals surface area contributed by atoms with E-state index in [2.05, 4.69) is 16.0 Å². The molecule has 0 aliphatic carbocycles. The van der Waals surface area contributed by atoms with Crippen molar-refractivity contribution in [2.45, 2.75) is 0 Å². The molecule has 2 rings (SSSR count). The van der Waals surface area contributed by atoms with Gasteiger partial charge in [-0.2, -0.15) is 5.26 Å². The monoisotopic (exact) mass is 211 g/mol. The van der Waals surface area contributed by atoms with Crippen molar-refractivity contribution >= 4 is 0 Å². The predicted octanol–water partition coefficient (Wildman–Crippen LogP) is 2.02. The highest BCUT2D eigenvalue weighted by atomic mass is 16.5. The fourth-order valence-electron chi connectivity index (χ4n) is 1.35. The molecule has 4 heteroatoms.